The molecule has 14 heavy (non-hydrogen) atoms. The van der Waals surface area contributed by atoms with E-state index in [1.807, 2.05) is 0 Å². The lowest BCUT2D eigenvalue weighted by Crippen LogP contribution is -2.50. The molecule has 0 atom stereocenters. The molecule has 0 aliphatic carbocycles. The van der Waals surface area contributed by atoms with Crippen LogP contribution in [0.25, 0.3) is 10.1 Å². The maximum Gasteiger partial charge on any atom is 0.175 e. The highest BCUT2D eigenvalue weighted by atomic mass is 32.1. The van der Waals surface area contributed by atoms with E-state index in [0.29, 0.717) is 6.10 Å². The van der Waals surface area contributed by atoms with E-state index < -0.39 is 0 Å². The van der Waals surface area contributed by atoms with E-state index in [4.69, 9.17) is 4.74 Å². The van der Waals surface area contributed by atoms with Crippen LogP contribution in [0.1, 0.15) is 0 Å². The number of hydrogen-bond acceptors (Lipinski definition) is 3. The Morgan fingerprint density at radius 3 is 2.86 bits per heavy atom. The van der Waals surface area contributed by atoms with Crippen LogP contribution >= 0.6 is 11.3 Å². The summed E-state index contributed by atoms with van der Waals surface area (Å²) in [6.07, 6.45) is 0.378. The number of rotatable bonds is 2. The van der Waals surface area contributed by atoms with Crippen LogP contribution in [0.2, 0.25) is 0 Å². The summed E-state index contributed by atoms with van der Waals surface area (Å²) < 4.78 is 7.09. The zero-order chi connectivity index (χ0) is 9.38. The third-order valence-corrected chi connectivity index (χ3v) is 3.44. The van der Waals surface area contributed by atoms with E-state index in [-0.39, 0.29) is 0 Å². The summed E-state index contributed by atoms with van der Waals surface area (Å²) in [5.41, 5.74) is 0. The second-order valence-electron chi connectivity index (χ2n) is 3.50. The summed E-state index contributed by atoms with van der Waals surface area (Å²) in [6, 6.07) is 10.5. The Labute approximate surface area is 86.5 Å². The lowest BCUT2D eigenvalue weighted by atomic mass is 10.2. The van der Waals surface area contributed by atoms with Crippen molar-refractivity contribution in [3.8, 4) is 5.06 Å². The molecule has 0 amide bonds. The van der Waals surface area contributed by atoms with Crippen LogP contribution in [0.5, 0.6) is 5.06 Å². The molecule has 1 aliphatic heterocycles. The van der Waals surface area contributed by atoms with Gasteiger partial charge in [-0.2, -0.15) is 0 Å². The Morgan fingerprint density at radius 2 is 2.14 bits per heavy atom. The van der Waals surface area contributed by atoms with Crippen molar-refractivity contribution in [2.75, 3.05) is 13.1 Å². The van der Waals surface area contributed by atoms with Gasteiger partial charge in [0.15, 0.2) is 5.06 Å². The highest BCUT2D eigenvalue weighted by Crippen LogP contribution is 2.32. The van der Waals surface area contributed by atoms with Gasteiger partial charge in [-0.25, -0.2) is 0 Å². The SMILES string of the molecule is c1ccc2sc(OC3CNC3)cc2c1. The topological polar surface area (TPSA) is 21.3 Å². The predicted molar refractivity (Wildman–Crippen MR) is 59.1 cm³/mol. The van der Waals surface area contributed by atoms with Gasteiger partial charge in [0.2, 0.25) is 0 Å². The minimum Gasteiger partial charge on any atom is -0.478 e. The first-order chi connectivity index (χ1) is 6.92. The van der Waals surface area contributed by atoms with Gasteiger partial charge in [-0.05, 0) is 17.5 Å². The molecule has 0 radical (unpaired) electrons. The fourth-order valence-corrected chi connectivity index (χ4v) is 2.50. The first-order valence-corrected chi connectivity index (χ1v) is 5.59. The minimum atomic E-state index is 0.378. The summed E-state index contributed by atoms with van der Waals surface area (Å²) >= 11 is 1.72. The van der Waals surface area contributed by atoms with Crippen LogP contribution < -0.4 is 10.1 Å². The first kappa shape index (κ1) is 8.26. The summed E-state index contributed by atoms with van der Waals surface area (Å²) in [6.45, 7) is 1.96. The lowest BCUT2D eigenvalue weighted by Gasteiger charge is -2.26. The summed E-state index contributed by atoms with van der Waals surface area (Å²) in [4.78, 5) is 0. The average molecular weight is 205 g/mol. The van der Waals surface area contributed by atoms with Crippen molar-refractivity contribution in [1.82, 2.24) is 5.32 Å². The number of fused-ring (bicyclic) bond motifs is 1. The van der Waals surface area contributed by atoms with Gasteiger partial charge in [0.1, 0.15) is 6.10 Å². The van der Waals surface area contributed by atoms with Crippen molar-refractivity contribution in [3.05, 3.63) is 30.3 Å². The van der Waals surface area contributed by atoms with Gasteiger partial charge in [-0.15, -0.1) is 0 Å². The van der Waals surface area contributed by atoms with Gasteiger partial charge in [0.05, 0.1) is 0 Å². The quantitative estimate of drug-likeness (QED) is 0.812. The van der Waals surface area contributed by atoms with Gasteiger partial charge in [-0.3, -0.25) is 0 Å². The maximum atomic E-state index is 5.79. The molecular formula is C11H11NOS. The third kappa shape index (κ3) is 1.38. The van der Waals surface area contributed by atoms with Crippen LogP contribution in [-0.4, -0.2) is 19.2 Å². The summed E-state index contributed by atoms with van der Waals surface area (Å²) in [5.74, 6) is 0. The zero-order valence-electron chi connectivity index (χ0n) is 7.69. The zero-order valence-corrected chi connectivity index (χ0v) is 8.51. The van der Waals surface area contributed by atoms with E-state index in [2.05, 4.69) is 35.6 Å². The summed E-state index contributed by atoms with van der Waals surface area (Å²) in [7, 11) is 0. The number of benzene rings is 1. The van der Waals surface area contributed by atoms with Gasteiger partial charge >= 0.3 is 0 Å². The normalized spacial score (nSPS) is 16.9. The first-order valence-electron chi connectivity index (χ1n) is 4.78. The van der Waals surface area contributed by atoms with Gasteiger partial charge in [0, 0.05) is 17.8 Å². The molecule has 2 heterocycles. The van der Waals surface area contributed by atoms with Crippen molar-refractivity contribution in [1.29, 1.82) is 0 Å². The van der Waals surface area contributed by atoms with Crippen LogP contribution in [0.4, 0.5) is 0 Å². The molecule has 3 rings (SSSR count). The molecule has 2 nitrogen and oxygen atoms in total. The number of ether oxygens (including phenoxy) is 1. The van der Waals surface area contributed by atoms with Gasteiger partial charge < -0.3 is 10.1 Å². The van der Waals surface area contributed by atoms with Crippen molar-refractivity contribution < 1.29 is 4.74 Å². The molecule has 1 aromatic carbocycles. The van der Waals surface area contributed by atoms with Crippen LogP contribution in [-0.2, 0) is 0 Å². The fourth-order valence-electron chi connectivity index (χ4n) is 1.53. The molecular weight excluding hydrogens is 194 g/mol. The van der Waals surface area contributed by atoms with Crippen molar-refractivity contribution in [3.63, 3.8) is 0 Å². The van der Waals surface area contributed by atoms with Crippen LogP contribution in [0, 0.1) is 0 Å². The number of nitrogens with one attached hydrogen (secondary N) is 1. The molecule has 1 saturated heterocycles. The summed E-state index contributed by atoms with van der Waals surface area (Å²) in [5, 5.41) is 5.51. The fraction of sp³-hybridized carbons (Fsp3) is 0.273. The second kappa shape index (κ2) is 3.26. The van der Waals surface area contributed by atoms with Crippen LogP contribution in [0.15, 0.2) is 30.3 Å². The highest BCUT2D eigenvalue weighted by molar-refractivity contribution is 7.20. The van der Waals surface area contributed by atoms with E-state index >= 15 is 0 Å². The Kier molecular flexibility index (Phi) is 1.92. The average Bonchev–Trinajstić information content (AvgIpc) is 2.53. The number of hydrogen-bond donors (Lipinski definition) is 1. The predicted octanol–water partition coefficient (Wildman–Crippen LogP) is 2.25. The van der Waals surface area contributed by atoms with Gasteiger partial charge in [-0.1, -0.05) is 29.5 Å². The van der Waals surface area contributed by atoms with Crippen molar-refractivity contribution >= 4 is 21.4 Å². The van der Waals surface area contributed by atoms with E-state index in [1.54, 1.807) is 11.3 Å². The van der Waals surface area contributed by atoms with Gasteiger partial charge in [0.25, 0.3) is 0 Å². The molecule has 3 heteroatoms. The molecule has 1 aliphatic rings. The van der Waals surface area contributed by atoms with E-state index in [9.17, 15) is 0 Å². The molecule has 72 valence electrons. The van der Waals surface area contributed by atoms with Crippen molar-refractivity contribution in [2.24, 2.45) is 0 Å². The third-order valence-electron chi connectivity index (χ3n) is 2.43. The smallest absolute Gasteiger partial charge is 0.175 e. The second-order valence-corrected chi connectivity index (χ2v) is 4.55. The molecule has 2 aromatic rings. The Bertz CT molecular complexity index is 414. The molecule has 1 fully saturated rings. The molecule has 0 saturated carbocycles. The van der Waals surface area contributed by atoms with Crippen LogP contribution in [0.3, 0.4) is 0 Å². The minimum absolute atomic E-state index is 0.378. The molecule has 0 unspecified atom stereocenters. The largest absolute Gasteiger partial charge is 0.478 e. The molecule has 0 spiro atoms. The maximum absolute atomic E-state index is 5.79. The highest BCUT2D eigenvalue weighted by Gasteiger charge is 2.18. The Hall–Kier alpha value is -1.06. The standard InChI is InChI=1S/C11H11NOS/c1-2-4-10-8(3-1)5-11(14-10)13-9-6-12-7-9/h1-5,9,12H,6-7H2. The monoisotopic (exact) mass is 205 g/mol. The van der Waals surface area contributed by atoms with Crippen molar-refractivity contribution in [2.45, 2.75) is 6.10 Å². The number of thiophene rings is 1. The van der Waals surface area contributed by atoms with E-state index in [0.717, 1.165) is 18.2 Å². The molecule has 1 aromatic heterocycles. The Balaban J connectivity index is 1.89. The van der Waals surface area contributed by atoms with E-state index in [1.165, 1.54) is 10.1 Å². The molecule has 0 bridgehead atoms. The lowest BCUT2D eigenvalue weighted by molar-refractivity contribution is 0.147. The Morgan fingerprint density at radius 1 is 1.29 bits per heavy atom. The molecule has 1 N–H and O–H groups in total.